The molecule has 1 fully saturated rings. The summed E-state index contributed by atoms with van der Waals surface area (Å²) in [6.07, 6.45) is 6.79. The average Bonchev–Trinajstić information content (AvgIpc) is 2.79. The van der Waals surface area contributed by atoms with Crippen LogP contribution in [0.1, 0.15) is 31.4 Å². The second-order valence-corrected chi connectivity index (χ2v) is 7.36. The Labute approximate surface area is 170 Å². The Morgan fingerprint density at radius 1 is 1.14 bits per heavy atom. The highest BCUT2D eigenvalue weighted by molar-refractivity contribution is 5.79. The molecule has 1 aromatic carbocycles. The fraction of sp³-hybridized carbons (Fsp3) is 0.364. The number of nitrogens with one attached hydrogen (secondary N) is 1. The number of hydrogen-bond acceptors (Lipinski definition) is 6. The Morgan fingerprint density at radius 2 is 1.86 bits per heavy atom. The SMILES string of the molecule is COc1ccc([C@H](C)NC(=O)C2CCN(c3cnc4nccnc4c3)CC2)cc1. The molecule has 4 rings (SSSR count). The number of benzene rings is 1. The van der Waals surface area contributed by atoms with Gasteiger partial charge in [-0.2, -0.15) is 0 Å². The van der Waals surface area contributed by atoms with Crippen molar-refractivity contribution in [3.8, 4) is 5.75 Å². The quantitative estimate of drug-likeness (QED) is 0.720. The van der Waals surface area contributed by atoms with Gasteiger partial charge in [-0.15, -0.1) is 0 Å². The molecule has 29 heavy (non-hydrogen) atoms. The number of anilines is 1. The zero-order valence-corrected chi connectivity index (χ0v) is 16.7. The second-order valence-electron chi connectivity index (χ2n) is 7.36. The average molecular weight is 391 g/mol. The monoisotopic (exact) mass is 391 g/mol. The van der Waals surface area contributed by atoms with Gasteiger partial charge in [0, 0.05) is 31.4 Å². The van der Waals surface area contributed by atoms with E-state index >= 15 is 0 Å². The first-order chi connectivity index (χ1) is 14.1. The molecule has 0 saturated carbocycles. The van der Waals surface area contributed by atoms with Crippen LogP contribution in [0.3, 0.4) is 0 Å². The number of nitrogens with zero attached hydrogens (tertiary/aromatic N) is 4. The second kappa shape index (κ2) is 8.43. The third kappa shape index (κ3) is 4.29. The van der Waals surface area contributed by atoms with E-state index < -0.39 is 0 Å². The molecule has 1 atom stereocenters. The number of piperidine rings is 1. The van der Waals surface area contributed by atoms with Crippen molar-refractivity contribution in [1.29, 1.82) is 0 Å². The van der Waals surface area contributed by atoms with E-state index in [0.717, 1.165) is 48.4 Å². The van der Waals surface area contributed by atoms with Gasteiger partial charge in [-0.1, -0.05) is 12.1 Å². The van der Waals surface area contributed by atoms with Crippen LogP contribution in [-0.2, 0) is 4.79 Å². The van der Waals surface area contributed by atoms with Crippen molar-refractivity contribution >= 4 is 22.8 Å². The lowest BCUT2D eigenvalue weighted by molar-refractivity contribution is -0.126. The Hall–Kier alpha value is -3.22. The van der Waals surface area contributed by atoms with Gasteiger partial charge >= 0.3 is 0 Å². The van der Waals surface area contributed by atoms with E-state index in [-0.39, 0.29) is 17.9 Å². The number of methoxy groups -OCH3 is 1. The smallest absolute Gasteiger partial charge is 0.223 e. The molecule has 3 aromatic rings. The number of carbonyl (C=O) groups is 1. The van der Waals surface area contributed by atoms with E-state index in [1.165, 1.54) is 0 Å². The highest BCUT2D eigenvalue weighted by Gasteiger charge is 2.26. The van der Waals surface area contributed by atoms with Crippen LogP contribution in [-0.4, -0.2) is 41.1 Å². The van der Waals surface area contributed by atoms with Gasteiger partial charge in [-0.05, 0) is 43.5 Å². The predicted octanol–water partition coefficient (Wildman–Crippen LogP) is 3.13. The molecule has 1 aliphatic rings. The number of hydrogen-bond donors (Lipinski definition) is 1. The van der Waals surface area contributed by atoms with Gasteiger partial charge in [0.05, 0.1) is 25.0 Å². The number of aromatic nitrogens is 3. The van der Waals surface area contributed by atoms with E-state index in [2.05, 4.69) is 25.2 Å². The molecule has 0 bridgehead atoms. The van der Waals surface area contributed by atoms with Gasteiger partial charge in [0.1, 0.15) is 11.3 Å². The summed E-state index contributed by atoms with van der Waals surface area (Å²) in [5.74, 6) is 0.962. The van der Waals surface area contributed by atoms with E-state index in [9.17, 15) is 4.79 Å². The number of carbonyl (C=O) groups excluding carboxylic acids is 1. The van der Waals surface area contributed by atoms with Crippen molar-refractivity contribution < 1.29 is 9.53 Å². The van der Waals surface area contributed by atoms with Gasteiger partial charge in [-0.3, -0.25) is 9.78 Å². The summed E-state index contributed by atoms with van der Waals surface area (Å²) in [6.45, 7) is 3.65. The van der Waals surface area contributed by atoms with Crippen molar-refractivity contribution in [1.82, 2.24) is 20.3 Å². The normalized spacial score (nSPS) is 15.9. The van der Waals surface area contributed by atoms with Crippen molar-refractivity contribution in [2.75, 3.05) is 25.1 Å². The highest BCUT2D eigenvalue weighted by atomic mass is 16.5. The molecule has 1 N–H and O–H groups in total. The summed E-state index contributed by atoms with van der Waals surface area (Å²) in [7, 11) is 1.65. The number of rotatable bonds is 5. The Kier molecular flexibility index (Phi) is 5.55. The lowest BCUT2D eigenvalue weighted by Crippen LogP contribution is -2.41. The summed E-state index contributed by atoms with van der Waals surface area (Å²) >= 11 is 0. The maximum atomic E-state index is 12.7. The molecule has 3 heterocycles. The molecule has 150 valence electrons. The van der Waals surface area contributed by atoms with Gasteiger partial charge in [-0.25, -0.2) is 9.97 Å². The van der Waals surface area contributed by atoms with Gasteiger partial charge in [0.25, 0.3) is 0 Å². The van der Waals surface area contributed by atoms with Crippen molar-refractivity contribution in [3.05, 3.63) is 54.5 Å². The standard InChI is InChI=1S/C22H25N5O2/c1-15(16-3-5-19(29-2)6-4-16)26-22(28)17-7-11-27(12-8-17)18-13-20-21(25-14-18)24-10-9-23-20/h3-6,9-10,13-15,17H,7-8,11-12H2,1-2H3,(H,26,28)/t15-/m0/s1. The molecular weight excluding hydrogens is 366 g/mol. The van der Waals surface area contributed by atoms with Crippen molar-refractivity contribution in [2.24, 2.45) is 5.92 Å². The van der Waals surface area contributed by atoms with Crippen LogP contribution in [0, 0.1) is 5.92 Å². The van der Waals surface area contributed by atoms with Gasteiger partial charge < -0.3 is 15.0 Å². The van der Waals surface area contributed by atoms with Crippen LogP contribution in [0.15, 0.2) is 48.9 Å². The van der Waals surface area contributed by atoms with Gasteiger partial charge in [0.15, 0.2) is 5.65 Å². The summed E-state index contributed by atoms with van der Waals surface area (Å²) in [6, 6.07) is 9.79. The minimum atomic E-state index is -0.0327. The third-order valence-corrected chi connectivity index (χ3v) is 5.52. The Balaban J connectivity index is 1.33. The van der Waals surface area contributed by atoms with Gasteiger partial charge in [0.2, 0.25) is 5.91 Å². The van der Waals surface area contributed by atoms with Crippen LogP contribution in [0.25, 0.3) is 11.2 Å². The molecule has 1 aliphatic heterocycles. The summed E-state index contributed by atoms with van der Waals surface area (Å²) in [5.41, 5.74) is 3.54. The molecule has 0 unspecified atom stereocenters. The minimum Gasteiger partial charge on any atom is -0.497 e. The summed E-state index contributed by atoms with van der Waals surface area (Å²) in [4.78, 5) is 27.9. The summed E-state index contributed by atoms with van der Waals surface area (Å²) < 4.78 is 5.19. The lowest BCUT2D eigenvalue weighted by atomic mass is 9.95. The molecule has 0 aliphatic carbocycles. The van der Waals surface area contributed by atoms with Crippen molar-refractivity contribution in [2.45, 2.75) is 25.8 Å². The molecule has 2 aromatic heterocycles. The van der Waals surface area contributed by atoms with Crippen LogP contribution >= 0.6 is 0 Å². The summed E-state index contributed by atoms with van der Waals surface area (Å²) in [5, 5.41) is 3.15. The number of amides is 1. The largest absolute Gasteiger partial charge is 0.497 e. The van der Waals surface area contributed by atoms with Crippen LogP contribution in [0.4, 0.5) is 5.69 Å². The molecule has 1 amide bonds. The minimum absolute atomic E-state index is 0.0279. The molecule has 7 heteroatoms. The van der Waals surface area contributed by atoms with Crippen LogP contribution in [0.2, 0.25) is 0 Å². The number of pyridine rings is 1. The fourth-order valence-electron chi connectivity index (χ4n) is 3.73. The van der Waals surface area contributed by atoms with Crippen molar-refractivity contribution in [3.63, 3.8) is 0 Å². The molecular formula is C22H25N5O2. The van der Waals surface area contributed by atoms with E-state index in [0.29, 0.717) is 5.65 Å². The number of ether oxygens (including phenoxy) is 1. The lowest BCUT2D eigenvalue weighted by Gasteiger charge is -2.33. The van der Waals surface area contributed by atoms with E-state index in [4.69, 9.17) is 4.74 Å². The van der Waals surface area contributed by atoms with E-state index in [1.54, 1.807) is 19.5 Å². The maximum Gasteiger partial charge on any atom is 0.223 e. The first-order valence-electron chi connectivity index (χ1n) is 9.90. The first kappa shape index (κ1) is 19.1. The zero-order chi connectivity index (χ0) is 20.2. The van der Waals surface area contributed by atoms with Crippen LogP contribution in [0.5, 0.6) is 5.75 Å². The topological polar surface area (TPSA) is 80.2 Å². The molecule has 1 saturated heterocycles. The highest BCUT2D eigenvalue weighted by Crippen LogP contribution is 2.25. The third-order valence-electron chi connectivity index (χ3n) is 5.52. The van der Waals surface area contributed by atoms with Crippen LogP contribution < -0.4 is 15.0 Å². The molecule has 7 nitrogen and oxygen atoms in total. The molecule has 0 radical (unpaired) electrons. The Bertz CT molecular complexity index is 984. The Morgan fingerprint density at radius 3 is 2.59 bits per heavy atom. The first-order valence-corrected chi connectivity index (χ1v) is 9.90. The zero-order valence-electron chi connectivity index (χ0n) is 16.7. The maximum absolute atomic E-state index is 12.7. The molecule has 0 spiro atoms. The predicted molar refractivity (Wildman–Crippen MR) is 112 cm³/mol. The van der Waals surface area contributed by atoms with E-state index in [1.807, 2.05) is 43.5 Å². The fourth-order valence-corrected chi connectivity index (χ4v) is 3.73. The number of fused-ring (bicyclic) bond motifs is 1.